The Morgan fingerprint density at radius 1 is 0.846 bits per heavy atom. The summed E-state index contributed by atoms with van der Waals surface area (Å²) in [4.78, 5) is 12.9. The normalized spacial score (nSPS) is 14.1. The second-order valence-corrected chi connectivity index (χ2v) is 15.8. The number of carbonyl (C=O) groups is 1. The van der Waals surface area contributed by atoms with Crippen molar-refractivity contribution in [3.8, 4) is 0 Å². The van der Waals surface area contributed by atoms with Gasteiger partial charge in [0.05, 0.1) is 5.92 Å². The predicted molar refractivity (Wildman–Crippen MR) is 112 cm³/mol. The molecule has 0 aliphatic rings. The van der Waals surface area contributed by atoms with E-state index in [1.165, 1.54) is 19.3 Å². The average Bonchev–Trinajstić information content (AvgIpc) is 2.61. The first-order valence-electron chi connectivity index (χ1n) is 10.0. The van der Waals surface area contributed by atoms with Crippen LogP contribution in [0.5, 0.6) is 0 Å². The molecule has 0 aliphatic carbocycles. The van der Waals surface area contributed by atoms with E-state index in [9.17, 15) is 4.79 Å². The van der Waals surface area contributed by atoms with Crippen molar-refractivity contribution >= 4 is 23.1 Å². The molecule has 0 N–H and O–H groups in total. The van der Waals surface area contributed by atoms with Crippen molar-refractivity contribution in [1.29, 1.82) is 0 Å². The molecule has 0 aromatic heterocycles. The van der Waals surface area contributed by atoms with Crippen molar-refractivity contribution in [2.45, 2.75) is 90.4 Å². The smallest absolute Gasteiger partial charge is 0.501 e. The Kier molecular flexibility index (Phi) is 12.2. The van der Waals surface area contributed by atoms with E-state index in [0.29, 0.717) is 17.1 Å². The molecule has 156 valence electrons. The maximum atomic E-state index is 12.9. The van der Waals surface area contributed by atoms with E-state index in [4.69, 9.17) is 17.7 Å². The molecular weight excluding hydrogens is 364 g/mol. The van der Waals surface area contributed by atoms with Gasteiger partial charge in [-0.15, -0.1) is 0 Å². The van der Waals surface area contributed by atoms with Gasteiger partial charge in [-0.3, -0.25) is 4.79 Å². The standard InChI is InChI=1S/C19H42O5Si2/c1-10-11-12-13-14-25(16(2)3,17(4)5)24-19(20)18(6)15-26(21-7,22-8)23-9/h16-18H,10-15H2,1-9H3. The lowest BCUT2D eigenvalue weighted by atomic mass is 10.2. The molecule has 0 rings (SSSR count). The maximum Gasteiger partial charge on any atom is 0.501 e. The van der Waals surface area contributed by atoms with Gasteiger partial charge in [0, 0.05) is 27.4 Å². The van der Waals surface area contributed by atoms with E-state index in [1.54, 1.807) is 21.3 Å². The second kappa shape index (κ2) is 12.3. The van der Waals surface area contributed by atoms with E-state index in [-0.39, 0.29) is 11.9 Å². The lowest BCUT2D eigenvalue weighted by Crippen LogP contribution is -2.49. The Labute approximate surface area is 163 Å². The molecule has 0 aliphatic heterocycles. The van der Waals surface area contributed by atoms with Crippen LogP contribution in [0.3, 0.4) is 0 Å². The van der Waals surface area contributed by atoms with Crippen molar-refractivity contribution < 1.29 is 22.5 Å². The van der Waals surface area contributed by atoms with Crippen molar-refractivity contribution in [2.75, 3.05) is 21.3 Å². The van der Waals surface area contributed by atoms with Gasteiger partial charge in [-0.25, -0.2) is 0 Å². The zero-order valence-electron chi connectivity index (χ0n) is 18.5. The van der Waals surface area contributed by atoms with Gasteiger partial charge in [-0.05, 0) is 17.1 Å². The van der Waals surface area contributed by atoms with Gasteiger partial charge in [-0.2, -0.15) is 0 Å². The van der Waals surface area contributed by atoms with Crippen molar-refractivity contribution in [3.63, 3.8) is 0 Å². The van der Waals surface area contributed by atoms with Crippen LogP contribution in [0.1, 0.15) is 67.2 Å². The molecule has 0 aromatic rings. The molecule has 0 bridgehead atoms. The van der Waals surface area contributed by atoms with Crippen molar-refractivity contribution in [3.05, 3.63) is 0 Å². The summed E-state index contributed by atoms with van der Waals surface area (Å²) in [6.07, 6.45) is 4.82. The van der Waals surface area contributed by atoms with Crippen LogP contribution in [0.2, 0.25) is 23.2 Å². The Bertz CT molecular complexity index is 381. The Balaban J connectivity index is 5.21. The van der Waals surface area contributed by atoms with E-state index in [2.05, 4.69) is 34.6 Å². The monoisotopic (exact) mass is 406 g/mol. The van der Waals surface area contributed by atoms with Gasteiger partial charge in [0.1, 0.15) is 0 Å². The van der Waals surface area contributed by atoms with E-state index >= 15 is 0 Å². The molecule has 26 heavy (non-hydrogen) atoms. The van der Waals surface area contributed by atoms with Crippen LogP contribution in [0.25, 0.3) is 0 Å². The highest BCUT2D eigenvalue weighted by Gasteiger charge is 2.47. The molecule has 0 fully saturated rings. The van der Waals surface area contributed by atoms with Crippen LogP contribution in [-0.4, -0.2) is 44.4 Å². The zero-order chi connectivity index (χ0) is 20.4. The number of hydrogen-bond acceptors (Lipinski definition) is 5. The fraction of sp³-hybridized carbons (Fsp3) is 0.947. The summed E-state index contributed by atoms with van der Waals surface area (Å²) in [5.41, 5.74) is 0.795. The maximum absolute atomic E-state index is 12.9. The molecule has 0 radical (unpaired) electrons. The van der Waals surface area contributed by atoms with Crippen LogP contribution in [0.4, 0.5) is 0 Å². The van der Waals surface area contributed by atoms with Crippen LogP contribution in [-0.2, 0) is 22.5 Å². The van der Waals surface area contributed by atoms with Crippen molar-refractivity contribution in [2.24, 2.45) is 5.92 Å². The van der Waals surface area contributed by atoms with Gasteiger partial charge in [0.15, 0.2) is 0 Å². The minimum absolute atomic E-state index is 0.127. The van der Waals surface area contributed by atoms with Crippen molar-refractivity contribution in [1.82, 2.24) is 0 Å². The first-order chi connectivity index (χ1) is 12.1. The van der Waals surface area contributed by atoms with Gasteiger partial charge in [0.2, 0.25) is 0 Å². The Morgan fingerprint density at radius 2 is 1.35 bits per heavy atom. The van der Waals surface area contributed by atoms with Crippen LogP contribution in [0.15, 0.2) is 0 Å². The summed E-state index contributed by atoms with van der Waals surface area (Å²) in [5.74, 6) is -0.431. The molecular formula is C19H42O5Si2. The minimum atomic E-state index is -2.79. The molecule has 1 atom stereocenters. The first kappa shape index (κ1) is 25.8. The van der Waals surface area contributed by atoms with Crippen LogP contribution < -0.4 is 0 Å². The minimum Gasteiger partial charge on any atom is -0.518 e. The quantitative estimate of drug-likeness (QED) is 0.286. The van der Waals surface area contributed by atoms with Crippen LogP contribution in [0, 0.1) is 5.92 Å². The largest absolute Gasteiger partial charge is 0.518 e. The van der Waals surface area contributed by atoms with E-state index < -0.39 is 17.1 Å². The second-order valence-electron chi connectivity index (χ2n) is 7.90. The summed E-state index contributed by atoms with van der Waals surface area (Å²) in [7, 11) is -0.256. The predicted octanol–water partition coefficient (Wildman–Crippen LogP) is 5.39. The highest BCUT2D eigenvalue weighted by molar-refractivity contribution is 6.77. The third-order valence-corrected chi connectivity index (χ3v) is 14.2. The Hall–Kier alpha value is -0.216. The zero-order valence-corrected chi connectivity index (χ0v) is 20.5. The fourth-order valence-corrected chi connectivity index (χ4v) is 9.96. The molecule has 0 amide bonds. The third-order valence-electron chi connectivity index (χ3n) is 5.56. The van der Waals surface area contributed by atoms with Gasteiger partial charge >= 0.3 is 8.80 Å². The van der Waals surface area contributed by atoms with Crippen LogP contribution >= 0.6 is 0 Å². The molecule has 0 saturated carbocycles. The average molecular weight is 407 g/mol. The number of unbranched alkanes of at least 4 members (excludes halogenated alkanes) is 3. The summed E-state index contributed by atoms with van der Waals surface area (Å²) < 4.78 is 22.8. The molecule has 1 unspecified atom stereocenters. The molecule has 0 aromatic carbocycles. The number of carbonyl (C=O) groups excluding carboxylic acids is 1. The molecule has 0 saturated heterocycles. The van der Waals surface area contributed by atoms with E-state index in [1.807, 2.05) is 6.92 Å². The van der Waals surface area contributed by atoms with Gasteiger partial charge in [-0.1, -0.05) is 67.2 Å². The Morgan fingerprint density at radius 3 is 1.73 bits per heavy atom. The fourth-order valence-electron chi connectivity index (χ4n) is 3.61. The lowest BCUT2D eigenvalue weighted by Gasteiger charge is -2.39. The highest BCUT2D eigenvalue weighted by atomic mass is 28.4. The summed E-state index contributed by atoms with van der Waals surface area (Å²) in [5, 5.41) is 0. The molecule has 0 spiro atoms. The van der Waals surface area contributed by atoms with Gasteiger partial charge in [0.25, 0.3) is 14.3 Å². The molecule has 5 nitrogen and oxygen atoms in total. The third kappa shape index (κ3) is 7.07. The summed E-state index contributed by atoms with van der Waals surface area (Å²) >= 11 is 0. The summed E-state index contributed by atoms with van der Waals surface area (Å²) in [6.45, 7) is 12.9. The first-order valence-corrected chi connectivity index (χ1v) is 14.2. The van der Waals surface area contributed by atoms with Gasteiger partial charge < -0.3 is 17.7 Å². The molecule has 0 heterocycles. The van der Waals surface area contributed by atoms with E-state index in [0.717, 1.165) is 12.5 Å². The number of rotatable bonds is 14. The molecule has 7 heteroatoms. The highest BCUT2D eigenvalue weighted by Crippen LogP contribution is 2.39. The number of hydrogen-bond donors (Lipinski definition) is 0. The topological polar surface area (TPSA) is 54.0 Å². The lowest BCUT2D eigenvalue weighted by molar-refractivity contribution is -0.139. The summed E-state index contributed by atoms with van der Waals surface area (Å²) in [6, 6.07) is 1.48. The SMILES string of the molecule is CCCCCC[Si](OC(=O)C(C)C[Si](OC)(OC)OC)(C(C)C)C(C)C.